The highest BCUT2D eigenvalue weighted by molar-refractivity contribution is 5.91. The molecule has 3 rings (SSSR count). The summed E-state index contributed by atoms with van der Waals surface area (Å²) in [5.74, 6) is -4.00. The molecule has 0 unspecified atom stereocenters. The lowest BCUT2D eigenvalue weighted by molar-refractivity contribution is -0.162. The van der Waals surface area contributed by atoms with Crippen LogP contribution in [0.4, 0.5) is 0 Å². The second kappa shape index (κ2) is 11.5. The first-order chi connectivity index (χ1) is 17.6. The number of esters is 2. The number of carbonyl (C=O) groups excluding carboxylic acids is 2. The van der Waals surface area contributed by atoms with Crippen molar-refractivity contribution in [2.24, 2.45) is 0 Å². The molecule has 0 heterocycles. The molecule has 3 aromatic carbocycles. The van der Waals surface area contributed by atoms with Gasteiger partial charge in [0.2, 0.25) is 6.10 Å². The summed E-state index contributed by atoms with van der Waals surface area (Å²) < 4.78 is 9.91. The average Bonchev–Trinajstić information content (AvgIpc) is 2.87. The maximum absolute atomic E-state index is 12.5. The first-order valence-electron chi connectivity index (χ1n) is 10.8. The van der Waals surface area contributed by atoms with Crippen LogP contribution in [-0.4, -0.2) is 55.8 Å². The largest absolute Gasteiger partial charge is 0.504 e. The molecule has 3 aromatic rings. The number of ether oxygens (including phenoxy) is 2. The van der Waals surface area contributed by atoms with Gasteiger partial charge in [-0.3, -0.25) is 0 Å². The van der Waals surface area contributed by atoms with Gasteiger partial charge in [-0.15, -0.1) is 0 Å². The van der Waals surface area contributed by atoms with E-state index in [4.69, 9.17) is 4.74 Å². The van der Waals surface area contributed by atoms with Crippen molar-refractivity contribution in [1.29, 1.82) is 0 Å². The molecule has 0 bridgehead atoms. The van der Waals surface area contributed by atoms with Crippen LogP contribution in [-0.2, 0) is 25.5 Å². The minimum Gasteiger partial charge on any atom is -0.504 e. The minimum atomic E-state index is -1.35. The van der Waals surface area contributed by atoms with E-state index in [1.165, 1.54) is 66.8 Å². The molecule has 10 heteroatoms. The van der Waals surface area contributed by atoms with Gasteiger partial charge in [0.05, 0.1) is 7.11 Å². The van der Waals surface area contributed by atoms with E-state index in [1.54, 1.807) is 0 Å². The molecule has 0 aliphatic heterocycles. The summed E-state index contributed by atoms with van der Waals surface area (Å²) in [6.45, 7) is 0. The number of methoxy groups -OCH3 is 1. The Morgan fingerprint density at radius 1 is 0.784 bits per heavy atom. The Labute approximate surface area is 211 Å². The molecule has 0 aromatic heterocycles. The van der Waals surface area contributed by atoms with E-state index in [0.29, 0.717) is 16.7 Å². The topological polar surface area (TPSA) is 174 Å². The summed E-state index contributed by atoms with van der Waals surface area (Å²) in [7, 11) is 1.12. The van der Waals surface area contributed by atoms with Crippen molar-refractivity contribution in [3.8, 4) is 34.5 Å². The highest BCUT2D eigenvalue weighted by Gasteiger charge is 2.24. The van der Waals surface area contributed by atoms with Gasteiger partial charge in [-0.2, -0.15) is 0 Å². The fourth-order valence-electron chi connectivity index (χ4n) is 3.31. The van der Waals surface area contributed by atoms with Crippen molar-refractivity contribution in [3.05, 3.63) is 76.9 Å². The van der Waals surface area contributed by atoms with Gasteiger partial charge in [-0.1, -0.05) is 24.3 Å². The zero-order valence-electron chi connectivity index (χ0n) is 19.5. The van der Waals surface area contributed by atoms with Crippen LogP contribution in [0.1, 0.15) is 22.3 Å². The van der Waals surface area contributed by atoms with E-state index in [0.717, 1.165) is 13.2 Å². The molecule has 37 heavy (non-hydrogen) atoms. The summed E-state index contributed by atoms with van der Waals surface area (Å²) in [5.41, 5.74) is 1.33. The van der Waals surface area contributed by atoms with E-state index < -0.39 is 35.3 Å². The number of phenolic OH excluding ortho intramolecular Hbond substituents is 6. The average molecular weight is 508 g/mol. The summed E-state index contributed by atoms with van der Waals surface area (Å²) >= 11 is 0. The van der Waals surface area contributed by atoms with E-state index >= 15 is 0 Å². The van der Waals surface area contributed by atoms with Gasteiger partial charge < -0.3 is 40.1 Å². The normalized spacial score (nSPS) is 12.0. The van der Waals surface area contributed by atoms with E-state index in [1.807, 2.05) is 0 Å². The van der Waals surface area contributed by atoms with Crippen molar-refractivity contribution in [2.45, 2.75) is 12.5 Å². The number of hydrogen-bond donors (Lipinski definition) is 6. The van der Waals surface area contributed by atoms with Crippen LogP contribution in [0, 0.1) is 0 Å². The zero-order valence-corrected chi connectivity index (χ0v) is 19.5. The molecule has 0 aliphatic rings. The highest BCUT2D eigenvalue weighted by Crippen LogP contribution is 2.34. The van der Waals surface area contributed by atoms with Crippen LogP contribution in [0.15, 0.2) is 54.6 Å². The Morgan fingerprint density at radius 2 is 1.43 bits per heavy atom. The van der Waals surface area contributed by atoms with Gasteiger partial charge in [0, 0.05) is 18.1 Å². The number of phenols is 6. The first kappa shape index (κ1) is 26.5. The van der Waals surface area contributed by atoms with Crippen LogP contribution < -0.4 is 0 Å². The second-order valence-corrected chi connectivity index (χ2v) is 7.83. The van der Waals surface area contributed by atoms with Crippen LogP contribution in [0.5, 0.6) is 34.5 Å². The molecule has 0 amide bonds. The van der Waals surface area contributed by atoms with Crippen molar-refractivity contribution in [1.82, 2.24) is 0 Å². The van der Waals surface area contributed by atoms with Crippen molar-refractivity contribution < 1.29 is 49.7 Å². The first-order valence-corrected chi connectivity index (χ1v) is 10.8. The Morgan fingerprint density at radius 3 is 2.08 bits per heavy atom. The third-order valence-electron chi connectivity index (χ3n) is 5.25. The molecule has 0 fully saturated rings. The maximum Gasteiger partial charge on any atom is 0.347 e. The van der Waals surface area contributed by atoms with E-state index in [9.17, 15) is 40.2 Å². The number of aromatic hydroxyl groups is 6. The summed E-state index contributed by atoms with van der Waals surface area (Å²) in [5, 5.41) is 58.4. The molecule has 0 saturated carbocycles. The third kappa shape index (κ3) is 6.73. The van der Waals surface area contributed by atoms with Crippen molar-refractivity contribution >= 4 is 30.2 Å². The minimum absolute atomic E-state index is 0.131. The Kier molecular flexibility index (Phi) is 8.26. The lowest BCUT2D eigenvalue weighted by Gasteiger charge is -2.15. The molecular weight excluding hydrogens is 484 g/mol. The highest BCUT2D eigenvalue weighted by atomic mass is 16.6. The van der Waals surface area contributed by atoms with Crippen molar-refractivity contribution in [3.63, 3.8) is 0 Å². The Hall–Kier alpha value is -5.12. The van der Waals surface area contributed by atoms with E-state index in [2.05, 4.69) is 4.74 Å². The SMILES string of the molecule is COC(=O)[C@@H](Cc1ccc(O)c(O)c1)OC(=O)C=Cc1ccc(O)c(O)c1C=Cc1ccc(O)c(O)c1. The number of rotatable bonds is 8. The second-order valence-electron chi connectivity index (χ2n) is 7.83. The maximum atomic E-state index is 12.5. The molecule has 192 valence electrons. The number of hydrogen-bond acceptors (Lipinski definition) is 10. The number of benzene rings is 3. The van der Waals surface area contributed by atoms with Gasteiger partial charge >= 0.3 is 11.9 Å². The van der Waals surface area contributed by atoms with Crippen molar-refractivity contribution in [2.75, 3.05) is 7.11 Å². The van der Waals surface area contributed by atoms with Gasteiger partial charge in [0.25, 0.3) is 0 Å². The molecular formula is C27H24O10. The molecule has 0 saturated heterocycles. The van der Waals surface area contributed by atoms with Gasteiger partial charge in [0.1, 0.15) is 0 Å². The lowest BCUT2D eigenvalue weighted by Crippen LogP contribution is -2.30. The molecule has 0 spiro atoms. The lowest BCUT2D eigenvalue weighted by atomic mass is 10.0. The van der Waals surface area contributed by atoms with Crippen LogP contribution in [0.25, 0.3) is 18.2 Å². The Bertz CT molecular complexity index is 1370. The number of carbonyl (C=O) groups is 2. The fraction of sp³-hybridized carbons (Fsp3) is 0.111. The van der Waals surface area contributed by atoms with Crippen LogP contribution in [0.2, 0.25) is 0 Å². The Balaban J connectivity index is 1.81. The monoisotopic (exact) mass is 508 g/mol. The molecule has 6 N–H and O–H groups in total. The predicted molar refractivity (Wildman–Crippen MR) is 133 cm³/mol. The smallest absolute Gasteiger partial charge is 0.347 e. The molecule has 0 aliphatic carbocycles. The van der Waals surface area contributed by atoms with Gasteiger partial charge in [0.15, 0.2) is 34.5 Å². The van der Waals surface area contributed by atoms with Crippen LogP contribution in [0.3, 0.4) is 0 Å². The third-order valence-corrected chi connectivity index (χ3v) is 5.25. The van der Waals surface area contributed by atoms with Gasteiger partial charge in [-0.25, -0.2) is 9.59 Å². The predicted octanol–water partition coefficient (Wildman–Crippen LogP) is 3.43. The fourth-order valence-corrected chi connectivity index (χ4v) is 3.31. The zero-order chi connectivity index (χ0) is 27.1. The molecule has 0 radical (unpaired) electrons. The summed E-state index contributed by atoms with van der Waals surface area (Å²) in [6, 6.07) is 10.6. The van der Waals surface area contributed by atoms with Crippen LogP contribution >= 0.6 is 0 Å². The van der Waals surface area contributed by atoms with Gasteiger partial charge in [-0.05, 0) is 59.2 Å². The quantitative estimate of drug-likeness (QED) is 0.114. The summed E-state index contributed by atoms with van der Waals surface area (Å²) in [4.78, 5) is 24.6. The molecule has 10 nitrogen and oxygen atoms in total. The van der Waals surface area contributed by atoms with E-state index in [-0.39, 0.29) is 29.2 Å². The summed E-state index contributed by atoms with van der Waals surface area (Å²) in [6.07, 6.45) is 3.77. The standard InChI is InChI=1S/C27H24O10/c1-36-27(35)24(14-16-4-9-20(29)23(32)13-16)37-25(33)11-6-17-5-10-21(30)26(34)18(17)7-2-15-3-8-19(28)22(31)12-15/h2-13,24,28-32,34H,14H2,1H3/t24-/m1/s1. The molecule has 1 atom stereocenters.